The van der Waals surface area contributed by atoms with Crippen molar-refractivity contribution in [2.45, 2.75) is 20.3 Å². The molecule has 0 unspecified atom stereocenters. The van der Waals surface area contributed by atoms with E-state index in [4.69, 9.17) is 9.26 Å². The van der Waals surface area contributed by atoms with Crippen molar-refractivity contribution in [3.05, 3.63) is 47.1 Å². The molecule has 2 aromatic rings. The van der Waals surface area contributed by atoms with Crippen molar-refractivity contribution in [3.8, 4) is 5.75 Å². The second kappa shape index (κ2) is 11.0. The number of likely N-dealkylation sites (N-methyl/N-ethyl adjacent to an activating group) is 1. The molecule has 0 radical (unpaired) electrons. The zero-order valence-electron chi connectivity index (χ0n) is 15.6. The van der Waals surface area contributed by atoms with Crippen molar-refractivity contribution in [1.29, 1.82) is 0 Å². The third kappa shape index (κ3) is 6.47. The van der Waals surface area contributed by atoms with Gasteiger partial charge in [0.25, 0.3) is 0 Å². The first-order chi connectivity index (χ1) is 12.0. The van der Waals surface area contributed by atoms with Crippen LogP contribution in [0, 0.1) is 19.7 Å². The number of hydrogen-bond donors (Lipinski definition) is 1. The number of guanidine groups is 1. The van der Waals surface area contributed by atoms with Crippen LogP contribution >= 0.6 is 24.0 Å². The molecule has 2 rings (SSSR count). The maximum Gasteiger partial charge on any atom is 0.193 e. The number of rotatable bonds is 7. The first kappa shape index (κ1) is 22.2. The summed E-state index contributed by atoms with van der Waals surface area (Å²) in [6.45, 7) is 5.73. The van der Waals surface area contributed by atoms with E-state index in [1.54, 1.807) is 19.2 Å². The molecule has 1 N–H and O–H groups in total. The Kier molecular flexibility index (Phi) is 9.39. The molecular weight excluding hydrogens is 450 g/mol. The van der Waals surface area contributed by atoms with Gasteiger partial charge in [-0.05, 0) is 44.5 Å². The van der Waals surface area contributed by atoms with E-state index in [9.17, 15) is 4.39 Å². The van der Waals surface area contributed by atoms with Crippen LogP contribution < -0.4 is 10.1 Å². The van der Waals surface area contributed by atoms with Crippen LogP contribution in [0.3, 0.4) is 0 Å². The van der Waals surface area contributed by atoms with E-state index < -0.39 is 0 Å². The number of ether oxygens (including phenoxy) is 1. The topological polar surface area (TPSA) is 62.9 Å². The molecule has 0 aliphatic heterocycles. The molecule has 26 heavy (non-hydrogen) atoms. The quantitative estimate of drug-likeness (QED) is 0.378. The maximum absolute atomic E-state index is 12.9. The van der Waals surface area contributed by atoms with Crippen molar-refractivity contribution in [3.63, 3.8) is 0 Å². The Hall–Kier alpha value is -1.84. The third-order valence-corrected chi connectivity index (χ3v) is 3.92. The molecule has 1 aromatic carbocycles. The molecule has 1 heterocycles. The third-order valence-electron chi connectivity index (χ3n) is 3.92. The van der Waals surface area contributed by atoms with Gasteiger partial charge < -0.3 is 19.5 Å². The smallest absolute Gasteiger partial charge is 0.193 e. The monoisotopic (exact) mass is 476 g/mol. The number of aliphatic imine (C=N–C) groups is 1. The van der Waals surface area contributed by atoms with Crippen molar-refractivity contribution in [2.75, 3.05) is 33.8 Å². The Morgan fingerprint density at radius 1 is 1.31 bits per heavy atom. The highest BCUT2D eigenvalue weighted by Crippen LogP contribution is 2.12. The van der Waals surface area contributed by atoms with E-state index in [0.717, 1.165) is 35.9 Å². The lowest BCUT2D eigenvalue weighted by molar-refractivity contribution is 0.281. The summed E-state index contributed by atoms with van der Waals surface area (Å²) in [4.78, 5) is 6.26. The highest BCUT2D eigenvalue weighted by Gasteiger charge is 2.10. The Bertz CT molecular complexity index is 684. The summed E-state index contributed by atoms with van der Waals surface area (Å²) in [6, 6.07) is 6.00. The van der Waals surface area contributed by atoms with Gasteiger partial charge in [-0.15, -0.1) is 24.0 Å². The number of hydrogen-bond acceptors (Lipinski definition) is 4. The minimum Gasteiger partial charge on any atom is -0.492 e. The number of benzene rings is 1. The van der Waals surface area contributed by atoms with Gasteiger partial charge in [0.15, 0.2) is 5.96 Å². The van der Waals surface area contributed by atoms with Crippen LogP contribution in [0.4, 0.5) is 4.39 Å². The molecule has 0 fully saturated rings. The van der Waals surface area contributed by atoms with E-state index >= 15 is 0 Å². The molecule has 0 atom stereocenters. The van der Waals surface area contributed by atoms with Gasteiger partial charge in [-0.2, -0.15) is 0 Å². The van der Waals surface area contributed by atoms with Gasteiger partial charge in [0.1, 0.15) is 23.9 Å². The van der Waals surface area contributed by atoms with Crippen molar-refractivity contribution < 1.29 is 13.7 Å². The van der Waals surface area contributed by atoms with Crippen LogP contribution in [-0.2, 0) is 6.42 Å². The first-order valence-electron chi connectivity index (χ1n) is 8.23. The number of nitrogens with zero attached hydrogens (tertiary/aromatic N) is 3. The van der Waals surface area contributed by atoms with Crippen LogP contribution in [0.5, 0.6) is 5.75 Å². The Balaban J connectivity index is 0.00000338. The average molecular weight is 476 g/mol. The molecule has 0 aliphatic rings. The molecule has 0 saturated heterocycles. The maximum atomic E-state index is 12.9. The standard InChI is InChI=1S/C18H25FN4O2.HI/c1-13-17(14(2)25-22-13)9-10-21-18(20-3)23(4)11-12-24-16-7-5-15(19)6-8-16;/h5-8H,9-12H2,1-4H3,(H,20,21);1H. The lowest BCUT2D eigenvalue weighted by Gasteiger charge is -2.22. The lowest BCUT2D eigenvalue weighted by atomic mass is 10.1. The van der Waals surface area contributed by atoms with Crippen LogP contribution in [0.25, 0.3) is 0 Å². The van der Waals surface area contributed by atoms with Gasteiger partial charge in [0, 0.05) is 26.2 Å². The van der Waals surface area contributed by atoms with Crippen LogP contribution in [-0.4, -0.2) is 49.8 Å². The van der Waals surface area contributed by atoms with Gasteiger partial charge in [0.05, 0.1) is 12.2 Å². The Labute approximate surface area is 170 Å². The van der Waals surface area contributed by atoms with Gasteiger partial charge in [0.2, 0.25) is 0 Å². The number of aryl methyl sites for hydroxylation is 2. The zero-order valence-corrected chi connectivity index (χ0v) is 17.9. The summed E-state index contributed by atoms with van der Waals surface area (Å²) in [5, 5.41) is 7.28. The second-order valence-corrected chi connectivity index (χ2v) is 5.75. The molecule has 0 amide bonds. The molecule has 0 aliphatic carbocycles. The van der Waals surface area contributed by atoms with Crippen molar-refractivity contribution in [1.82, 2.24) is 15.4 Å². The fourth-order valence-electron chi connectivity index (χ4n) is 2.48. The minimum atomic E-state index is -0.271. The number of halogens is 2. The van der Waals surface area contributed by atoms with Crippen LogP contribution in [0.15, 0.2) is 33.8 Å². The minimum absolute atomic E-state index is 0. The van der Waals surface area contributed by atoms with Gasteiger partial charge >= 0.3 is 0 Å². The van der Waals surface area contributed by atoms with Gasteiger partial charge in [-0.25, -0.2) is 4.39 Å². The molecule has 0 saturated carbocycles. The van der Waals surface area contributed by atoms with Gasteiger partial charge in [-0.3, -0.25) is 4.99 Å². The summed E-state index contributed by atoms with van der Waals surface area (Å²) >= 11 is 0. The summed E-state index contributed by atoms with van der Waals surface area (Å²) < 4.78 is 23.6. The van der Waals surface area contributed by atoms with Crippen molar-refractivity contribution >= 4 is 29.9 Å². The van der Waals surface area contributed by atoms with Crippen LogP contribution in [0.1, 0.15) is 17.0 Å². The summed E-state index contributed by atoms with van der Waals surface area (Å²) in [5.41, 5.74) is 2.06. The lowest BCUT2D eigenvalue weighted by Crippen LogP contribution is -2.41. The molecule has 0 bridgehead atoms. The number of aromatic nitrogens is 1. The van der Waals surface area contributed by atoms with E-state index in [2.05, 4.69) is 15.5 Å². The van der Waals surface area contributed by atoms with E-state index in [1.807, 2.05) is 25.8 Å². The highest BCUT2D eigenvalue weighted by molar-refractivity contribution is 14.0. The van der Waals surface area contributed by atoms with E-state index in [-0.39, 0.29) is 29.8 Å². The second-order valence-electron chi connectivity index (χ2n) is 5.75. The average Bonchev–Trinajstić information content (AvgIpc) is 2.92. The number of nitrogens with one attached hydrogen (secondary N) is 1. The Morgan fingerprint density at radius 3 is 2.58 bits per heavy atom. The first-order valence-corrected chi connectivity index (χ1v) is 8.23. The molecular formula is C18H26FIN4O2. The fraction of sp³-hybridized carbons (Fsp3) is 0.444. The van der Waals surface area contributed by atoms with E-state index in [0.29, 0.717) is 18.9 Å². The summed E-state index contributed by atoms with van der Waals surface area (Å²) in [7, 11) is 3.69. The zero-order chi connectivity index (χ0) is 18.2. The highest BCUT2D eigenvalue weighted by atomic mass is 127. The molecule has 8 heteroatoms. The Morgan fingerprint density at radius 2 is 2.00 bits per heavy atom. The molecule has 6 nitrogen and oxygen atoms in total. The summed E-state index contributed by atoms with van der Waals surface area (Å²) in [5.74, 6) is 2.02. The summed E-state index contributed by atoms with van der Waals surface area (Å²) in [6.07, 6.45) is 0.820. The van der Waals surface area contributed by atoms with Crippen LogP contribution in [0.2, 0.25) is 0 Å². The molecule has 0 spiro atoms. The largest absolute Gasteiger partial charge is 0.492 e. The predicted molar refractivity (Wildman–Crippen MR) is 111 cm³/mol. The fourth-order valence-corrected chi connectivity index (χ4v) is 2.48. The predicted octanol–water partition coefficient (Wildman–Crippen LogP) is 3.18. The van der Waals surface area contributed by atoms with E-state index in [1.165, 1.54) is 12.1 Å². The molecule has 1 aromatic heterocycles. The normalized spacial score (nSPS) is 11.0. The molecule has 144 valence electrons. The van der Waals surface area contributed by atoms with Gasteiger partial charge in [-0.1, -0.05) is 5.16 Å². The van der Waals surface area contributed by atoms with Crippen molar-refractivity contribution in [2.24, 2.45) is 4.99 Å². The SMILES string of the molecule is CN=C(NCCc1c(C)noc1C)N(C)CCOc1ccc(F)cc1.I.